The van der Waals surface area contributed by atoms with Crippen molar-refractivity contribution in [3.63, 3.8) is 0 Å². The molecule has 1 saturated heterocycles. The number of piperidine rings is 1. The Balaban J connectivity index is 1.49. The zero-order valence-corrected chi connectivity index (χ0v) is 17.5. The largest absolute Gasteiger partial charge is 0.324 e. The van der Waals surface area contributed by atoms with E-state index in [4.69, 9.17) is 0 Å². The lowest BCUT2D eigenvalue weighted by atomic mass is 9.92. The van der Waals surface area contributed by atoms with Gasteiger partial charge in [0.05, 0.1) is 11.9 Å². The highest BCUT2D eigenvalue weighted by Gasteiger charge is 2.26. The number of likely N-dealkylation sites (tertiary alicyclic amines) is 1. The second-order valence-corrected chi connectivity index (χ2v) is 8.08. The van der Waals surface area contributed by atoms with Crippen LogP contribution in [-0.4, -0.2) is 44.0 Å². The van der Waals surface area contributed by atoms with Crippen LogP contribution in [0.15, 0.2) is 41.1 Å². The Bertz CT molecular complexity index is 956. The monoisotopic (exact) mass is 442 g/mol. The van der Waals surface area contributed by atoms with E-state index in [0.29, 0.717) is 5.92 Å². The van der Waals surface area contributed by atoms with Gasteiger partial charge in [0.15, 0.2) is 0 Å². The maximum absolute atomic E-state index is 12.9. The lowest BCUT2D eigenvalue weighted by Gasteiger charge is -2.31. The molecule has 0 bridgehead atoms. The van der Waals surface area contributed by atoms with E-state index in [0.717, 1.165) is 53.0 Å². The van der Waals surface area contributed by atoms with Crippen molar-refractivity contribution in [2.75, 3.05) is 18.4 Å². The van der Waals surface area contributed by atoms with Gasteiger partial charge in [-0.15, -0.1) is 0 Å². The van der Waals surface area contributed by atoms with Gasteiger partial charge in [-0.2, -0.15) is 10.2 Å². The molecule has 1 aliphatic heterocycles. The minimum atomic E-state index is -0.0768. The van der Waals surface area contributed by atoms with Crippen molar-refractivity contribution in [2.45, 2.75) is 25.7 Å². The van der Waals surface area contributed by atoms with Gasteiger partial charge < -0.3 is 4.90 Å². The van der Waals surface area contributed by atoms with Crippen LogP contribution < -0.4 is 5.32 Å². The standard InChI is InChI=1S/C20H23BrN6O/c1-13-18(15-3-5-17(21)6-4-15)19(26(2)25-13)24-20(28)27-9-7-14(8-10-27)16-11-22-23-12-16/h3-6,11-12,14H,7-10H2,1-2H3,(H,22,23)(H,24,28). The molecule has 0 unspecified atom stereocenters. The maximum Gasteiger partial charge on any atom is 0.323 e. The SMILES string of the molecule is Cc1nn(C)c(NC(=O)N2CCC(c3cn[nH]c3)CC2)c1-c1ccc(Br)cc1. The number of rotatable bonds is 3. The first-order valence-corrected chi connectivity index (χ1v) is 10.2. The molecule has 3 heterocycles. The van der Waals surface area contributed by atoms with Gasteiger partial charge >= 0.3 is 6.03 Å². The van der Waals surface area contributed by atoms with E-state index in [1.807, 2.05) is 55.5 Å². The summed E-state index contributed by atoms with van der Waals surface area (Å²) < 4.78 is 2.76. The zero-order valence-electron chi connectivity index (χ0n) is 15.9. The Labute approximate surface area is 172 Å². The molecule has 0 aliphatic carbocycles. The number of hydrogen-bond donors (Lipinski definition) is 2. The molecule has 0 radical (unpaired) electrons. The van der Waals surface area contributed by atoms with Crippen molar-refractivity contribution in [2.24, 2.45) is 7.05 Å². The summed E-state index contributed by atoms with van der Waals surface area (Å²) in [6, 6.07) is 7.97. The smallest absolute Gasteiger partial charge is 0.323 e. The number of halogens is 1. The number of aryl methyl sites for hydroxylation is 2. The number of urea groups is 1. The van der Waals surface area contributed by atoms with Crippen LogP contribution in [-0.2, 0) is 7.05 Å². The molecule has 146 valence electrons. The highest BCUT2D eigenvalue weighted by Crippen LogP contribution is 2.33. The Morgan fingerprint density at radius 1 is 1.25 bits per heavy atom. The first-order chi connectivity index (χ1) is 13.5. The van der Waals surface area contributed by atoms with Crippen molar-refractivity contribution in [1.29, 1.82) is 0 Å². The summed E-state index contributed by atoms with van der Waals surface area (Å²) in [5.41, 5.74) is 4.10. The van der Waals surface area contributed by atoms with E-state index in [9.17, 15) is 4.79 Å². The van der Waals surface area contributed by atoms with Crippen molar-refractivity contribution in [3.05, 3.63) is 52.4 Å². The fourth-order valence-corrected chi connectivity index (χ4v) is 4.11. The number of carbonyl (C=O) groups excluding carboxylic acids is 1. The number of aromatic amines is 1. The van der Waals surface area contributed by atoms with Crippen LogP contribution in [0.4, 0.5) is 10.6 Å². The molecule has 3 aromatic rings. The van der Waals surface area contributed by atoms with E-state index in [1.54, 1.807) is 4.68 Å². The molecule has 8 heteroatoms. The minimum absolute atomic E-state index is 0.0768. The molecule has 0 saturated carbocycles. The Hall–Kier alpha value is -2.61. The molecule has 0 atom stereocenters. The number of anilines is 1. The molecule has 0 spiro atoms. The topological polar surface area (TPSA) is 78.8 Å². The Morgan fingerprint density at radius 3 is 2.61 bits per heavy atom. The normalized spacial score (nSPS) is 15.0. The Kier molecular flexibility index (Phi) is 5.21. The van der Waals surface area contributed by atoms with Gasteiger partial charge in [0.1, 0.15) is 5.82 Å². The first kappa shape index (κ1) is 18.7. The summed E-state index contributed by atoms with van der Waals surface area (Å²) in [5.74, 6) is 1.18. The minimum Gasteiger partial charge on any atom is -0.324 e. The zero-order chi connectivity index (χ0) is 19.7. The Morgan fingerprint density at radius 2 is 1.96 bits per heavy atom. The number of aromatic nitrogens is 4. The number of carbonyl (C=O) groups is 1. The van der Waals surface area contributed by atoms with Crippen molar-refractivity contribution in [1.82, 2.24) is 24.9 Å². The molecule has 4 rings (SSSR count). The number of hydrogen-bond acceptors (Lipinski definition) is 3. The average molecular weight is 443 g/mol. The third-order valence-electron chi connectivity index (χ3n) is 5.35. The highest BCUT2D eigenvalue weighted by molar-refractivity contribution is 9.10. The molecule has 2 aromatic heterocycles. The third kappa shape index (κ3) is 3.69. The number of nitrogens with zero attached hydrogens (tertiary/aromatic N) is 4. The van der Waals surface area contributed by atoms with Crippen LogP contribution in [0.2, 0.25) is 0 Å². The summed E-state index contributed by atoms with van der Waals surface area (Å²) in [4.78, 5) is 14.8. The predicted octanol–water partition coefficient (Wildman–Crippen LogP) is 4.29. The van der Waals surface area contributed by atoms with Gasteiger partial charge in [0.2, 0.25) is 0 Å². The average Bonchev–Trinajstić information content (AvgIpc) is 3.32. The van der Waals surface area contributed by atoms with Crippen molar-refractivity contribution >= 4 is 27.8 Å². The second kappa shape index (κ2) is 7.79. The van der Waals surface area contributed by atoms with Gasteiger partial charge in [0, 0.05) is 36.4 Å². The van der Waals surface area contributed by atoms with Gasteiger partial charge in [-0.1, -0.05) is 28.1 Å². The van der Waals surface area contributed by atoms with E-state index in [1.165, 1.54) is 5.56 Å². The maximum atomic E-state index is 12.9. The fourth-order valence-electron chi connectivity index (χ4n) is 3.84. The van der Waals surface area contributed by atoms with E-state index in [2.05, 4.69) is 36.5 Å². The summed E-state index contributed by atoms with van der Waals surface area (Å²) in [5, 5.41) is 14.5. The van der Waals surface area contributed by atoms with Crippen LogP contribution >= 0.6 is 15.9 Å². The number of nitrogens with one attached hydrogen (secondary N) is 2. The van der Waals surface area contributed by atoms with Gasteiger partial charge in [-0.25, -0.2) is 4.79 Å². The molecule has 1 aliphatic rings. The van der Waals surface area contributed by atoms with Crippen molar-refractivity contribution < 1.29 is 4.79 Å². The van der Waals surface area contributed by atoms with E-state index < -0.39 is 0 Å². The molecular formula is C20H23BrN6O. The van der Waals surface area contributed by atoms with Crippen LogP contribution in [0.25, 0.3) is 11.1 Å². The number of benzene rings is 1. The number of H-pyrrole nitrogens is 1. The summed E-state index contributed by atoms with van der Waals surface area (Å²) in [6.07, 6.45) is 5.71. The quantitative estimate of drug-likeness (QED) is 0.634. The van der Waals surface area contributed by atoms with Crippen LogP contribution in [0.1, 0.15) is 30.0 Å². The van der Waals surface area contributed by atoms with Gasteiger partial charge in [0.25, 0.3) is 0 Å². The van der Waals surface area contributed by atoms with Gasteiger partial charge in [-0.05, 0) is 48.9 Å². The number of amides is 2. The van der Waals surface area contributed by atoms with Crippen LogP contribution in [0, 0.1) is 6.92 Å². The lowest BCUT2D eigenvalue weighted by molar-refractivity contribution is 0.194. The highest BCUT2D eigenvalue weighted by atomic mass is 79.9. The van der Waals surface area contributed by atoms with E-state index in [-0.39, 0.29) is 6.03 Å². The van der Waals surface area contributed by atoms with Gasteiger partial charge in [-0.3, -0.25) is 15.1 Å². The summed E-state index contributed by atoms with van der Waals surface area (Å²) in [6.45, 7) is 3.42. The summed E-state index contributed by atoms with van der Waals surface area (Å²) in [7, 11) is 1.86. The molecule has 2 N–H and O–H groups in total. The predicted molar refractivity (Wildman–Crippen MR) is 112 cm³/mol. The molecule has 28 heavy (non-hydrogen) atoms. The molecule has 1 aromatic carbocycles. The summed E-state index contributed by atoms with van der Waals surface area (Å²) >= 11 is 3.47. The van der Waals surface area contributed by atoms with Crippen LogP contribution in [0.5, 0.6) is 0 Å². The molecular weight excluding hydrogens is 420 g/mol. The van der Waals surface area contributed by atoms with Crippen LogP contribution in [0.3, 0.4) is 0 Å². The molecule has 1 fully saturated rings. The van der Waals surface area contributed by atoms with Crippen molar-refractivity contribution in [3.8, 4) is 11.1 Å². The fraction of sp³-hybridized carbons (Fsp3) is 0.350. The third-order valence-corrected chi connectivity index (χ3v) is 5.88. The van der Waals surface area contributed by atoms with E-state index >= 15 is 0 Å². The second-order valence-electron chi connectivity index (χ2n) is 7.16. The lowest BCUT2D eigenvalue weighted by Crippen LogP contribution is -2.40. The molecule has 2 amide bonds. The first-order valence-electron chi connectivity index (χ1n) is 9.37. The molecule has 7 nitrogen and oxygen atoms in total.